The van der Waals surface area contributed by atoms with Gasteiger partial charge in [0.2, 0.25) is 0 Å². The summed E-state index contributed by atoms with van der Waals surface area (Å²) >= 11 is 0. The van der Waals surface area contributed by atoms with Crippen molar-refractivity contribution < 1.29 is 9.53 Å². The van der Waals surface area contributed by atoms with Crippen LogP contribution in [0.4, 0.5) is 10.5 Å². The number of hydrogen-bond donors (Lipinski definition) is 1. The molecule has 0 spiro atoms. The molecule has 1 aliphatic heterocycles. The topological polar surface area (TPSA) is 59.4 Å². The number of benzene rings is 1. The monoisotopic (exact) mass is 342 g/mol. The van der Waals surface area contributed by atoms with Crippen LogP contribution in [-0.4, -0.2) is 46.5 Å². The van der Waals surface area contributed by atoms with Crippen LogP contribution >= 0.6 is 0 Å². The molecule has 6 nitrogen and oxygen atoms in total. The average Bonchev–Trinajstić information content (AvgIpc) is 3.03. The SMILES string of the molecule is COC1(C)CCCN(C(=O)Nc2cnn(-c3ccc(C)cc3C)c2)C1. The molecule has 1 aromatic carbocycles. The highest BCUT2D eigenvalue weighted by atomic mass is 16.5. The molecular weight excluding hydrogens is 316 g/mol. The van der Waals surface area contributed by atoms with Crippen LogP contribution in [0.2, 0.25) is 0 Å². The second-order valence-corrected chi connectivity index (χ2v) is 7.07. The number of anilines is 1. The lowest BCUT2D eigenvalue weighted by Crippen LogP contribution is -2.50. The Kier molecular flexibility index (Phi) is 4.81. The summed E-state index contributed by atoms with van der Waals surface area (Å²) in [5.74, 6) is 0. The zero-order chi connectivity index (χ0) is 18.0. The average molecular weight is 342 g/mol. The molecular formula is C19H26N4O2. The van der Waals surface area contributed by atoms with E-state index in [2.05, 4.69) is 36.4 Å². The molecule has 2 heterocycles. The van der Waals surface area contributed by atoms with Gasteiger partial charge in [-0.3, -0.25) is 0 Å². The number of likely N-dealkylation sites (tertiary alicyclic amines) is 1. The van der Waals surface area contributed by atoms with E-state index in [9.17, 15) is 4.79 Å². The number of aryl methyl sites for hydroxylation is 2. The Morgan fingerprint density at radius 1 is 1.36 bits per heavy atom. The van der Waals surface area contributed by atoms with E-state index in [1.165, 1.54) is 5.56 Å². The van der Waals surface area contributed by atoms with Gasteiger partial charge in [-0.15, -0.1) is 0 Å². The zero-order valence-electron chi connectivity index (χ0n) is 15.4. The van der Waals surface area contributed by atoms with Gasteiger partial charge in [0, 0.05) is 13.7 Å². The fourth-order valence-electron chi connectivity index (χ4n) is 3.33. The highest BCUT2D eigenvalue weighted by Crippen LogP contribution is 2.24. The van der Waals surface area contributed by atoms with Crippen LogP contribution in [0, 0.1) is 13.8 Å². The molecule has 1 atom stereocenters. The minimum absolute atomic E-state index is 0.108. The van der Waals surface area contributed by atoms with Crippen LogP contribution in [0.15, 0.2) is 30.6 Å². The number of hydrogen-bond acceptors (Lipinski definition) is 3. The minimum Gasteiger partial charge on any atom is -0.377 e. The standard InChI is InChI=1S/C19H26N4O2/c1-14-6-7-17(15(2)10-14)23-12-16(11-20-23)21-18(24)22-9-5-8-19(3,13-22)25-4/h6-7,10-12H,5,8-9,13H2,1-4H3,(H,21,24). The number of ether oxygens (including phenoxy) is 1. The van der Waals surface area contributed by atoms with Crippen molar-refractivity contribution >= 4 is 11.7 Å². The predicted octanol–water partition coefficient (Wildman–Crippen LogP) is 3.52. The lowest BCUT2D eigenvalue weighted by atomic mass is 9.95. The first kappa shape index (κ1) is 17.5. The molecule has 1 N–H and O–H groups in total. The van der Waals surface area contributed by atoms with Gasteiger partial charge in [-0.25, -0.2) is 9.48 Å². The van der Waals surface area contributed by atoms with E-state index < -0.39 is 0 Å². The van der Waals surface area contributed by atoms with E-state index in [1.807, 2.05) is 24.1 Å². The van der Waals surface area contributed by atoms with Crippen LogP contribution < -0.4 is 5.32 Å². The summed E-state index contributed by atoms with van der Waals surface area (Å²) in [5.41, 5.74) is 3.80. The Morgan fingerprint density at radius 3 is 2.88 bits per heavy atom. The molecule has 0 radical (unpaired) electrons. The van der Waals surface area contributed by atoms with Crippen molar-refractivity contribution in [3.63, 3.8) is 0 Å². The minimum atomic E-state index is -0.265. The van der Waals surface area contributed by atoms with E-state index in [4.69, 9.17) is 4.74 Å². The predicted molar refractivity (Wildman–Crippen MR) is 98.3 cm³/mol. The van der Waals surface area contributed by atoms with Crippen molar-refractivity contribution in [1.29, 1.82) is 0 Å². The number of nitrogens with zero attached hydrogens (tertiary/aromatic N) is 3. The van der Waals surface area contributed by atoms with Crippen molar-refractivity contribution in [2.75, 3.05) is 25.5 Å². The number of amides is 2. The van der Waals surface area contributed by atoms with Crippen molar-refractivity contribution in [1.82, 2.24) is 14.7 Å². The Hall–Kier alpha value is -2.34. The molecule has 2 amide bonds. The lowest BCUT2D eigenvalue weighted by molar-refractivity contribution is -0.0389. The van der Waals surface area contributed by atoms with Crippen molar-refractivity contribution in [2.24, 2.45) is 0 Å². The van der Waals surface area contributed by atoms with Crippen molar-refractivity contribution in [3.8, 4) is 5.69 Å². The third-order valence-electron chi connectivity index (χ3n) is 4.87. The van der Waals surface area contributed by atoms with Gasteiger partial charge in [-0.1, -0.05) is 17.7 Å². The van der Waals surface area contributed by atoms with Gasteiger partial charge in [0.25, 0.3) is 0 Å². The van der Waals surface area contributed by atoms with Crippen LogP contribution in [0.3, 0.4) is 0 Å². The van der Waals surface area contributed by atoms with Gasteiger partial charge < -0.3 is 15.0 Å². The van der Waals surface area contributed by atoms with E-state index >= 15 is 0 Å². The number of methoxy groups -OCH3 is 1. The summed E-state index contributed by atoms with van der Waals surface area (Å²) in [6, 6.07) is 6.11. The molecule has 1 unspecified atom stereocenters. The number of piperidine rings is 1. The van der Waals surface area contributed by atoms with Crippen LogP contribution in [0.5, 0.6) is 0 Å². The third-order valence-corrected chi connectivity index (χ3v) is 4.87. The van der Waals surface area contributed by atoms with E-state index in [-0.39, 0.29) is 11.6 Å². The maximum Gasteiger partial charge on any atom is 0.322 e. The summed E-state index contributed by atoms with van der Waals surface area (Å²) < 4.78 is 7.35. The zero-order valence-corrected chi connectivity index (χ0v) is 15.4. The highest BCUT2D eigenvalue weighted by molar-refractivity contribution is 5.89. The molecule has 0 aliphatic carbocycles. The number of carbonyl (C=O) groups excluding carboxylic acids is 1. The molecule has 1 aliphatic rings. The molecule has 0 bridgehead atoms. The highest BCUT2D eigenvalue weighted by Gasteiger charge is 2.33. The number of rotatable bonds is 3. The van der Waals surface area contributed by atoms with E-state index in [1.54, 1.807) is 18.0 Å². The third kappa shape index (κ3) is 3.85. The molecule has 1 fully saturated rings. The summed E-state index contributed by atoms with van der Waals surface area (Å²) in [6.45, 7) is 7.51. The van der Waals surface area contributed by atoms with E-state index in [0.29, 0.717) is 12.2 Å². The lowest BCUT2D eigenvalue weighted by Gasteiger charge is -2.39. The largest absolute Gasteiger partial charge is 0.377 e. The van der Waals surface area contributed by atoms with Gasteiger partial charge in [-0.2, -0.15) is 5.10 Å². The van der Waals surface area contributed by atoms with Gasteiger partial charge >= 0.3 is 6.03 Å². The molecule has 6 heteroatoms. The van der Waals surface area contributed by atoms with Gasteiger partial charge in [0.15, 0.2) is 0 Å². The summed E-state index contributed by atoms with van der Waals surface area (Å²) in [7, 11) is 1.70. The first-order valence-corrected chi connectivity index (χ1v) is 8.64. The van der Waals surface area contributed by atoms with Gasteiger partial charge in [-0.05, 0) is 45.2 Å². The second kappa shape index (κ2) is 6.88. The van der Waals surface area contributed by atoms with Gasteiger partial charge in [0.1, 0.15) is 0 Å². The maximum atomic E-state index is 12.6. The molecule has 0 saturated carbocycles. The fraction of sp³-hybridized carbons (Fsp3) is 0.474. The Morgan fingerprint density at radius 2 is 2.16 bits per heavy atom. The van der Waals surface area contributed by atoms with Crippen molar-refractivity contribution in [2.45, 2.75) is 39.2 Å². The molecule has 1 aromatic heterocycles. The Bertz CT molecular complexity index is 771. The van der Waals surface area contributed by atoms with Gasteiger partial charge in [0.05, 0.1) is 35.9 Å². The molecule has 134 valence electrons. The normalized spacial score (nSPS) is 20.6. The number of nitrogens with one attached hydrogen (secondary N) is 1. The summed E-state index contributed by atoms with van der Waals surface area (Å²) in [4.78, 5) is 14.4. The Balaban J connectivity index is 1.70. The van der Waals surface area contributed by atoms with Crippen LogP contribution in [0.1, 0.15) is 30.9 Å². The fourth-order valence-corrected chi connectivity index (χ4v) is 3.33. The molecule has 2 aromatic rings. The molecule has 25 heavy (non-hydrogen) atoms. The van der Waals surface area contributed by atoms with Crippen LogP contribution in [-0.2, 0) is 4.74 Å². The van der Waals surface area contributed by atoms with Crippen LogP contribution in [0.25, 0.3) is 5.69 Å². The first-order valence-electron chi connectivity index (χ1n) is 8.64. The molecule has 3 rings (SSSR count). The summed E-state index contributed by atoms with van der Waals surface area (Å²) in [5, 5.41) is 7.32. The Labute approximate surface area is 148 Å². The molecule has 1 saturated heterocycles. The summed E-state index contributed by atoms with van der Waals surface area (Å²) in [6.07, 6.45) is 5.43. The number of urea groups is 1. The van der Waals surface area contributed by atoms with E-state index in [0.717, 1.165) is 30.6 Å². The van der Waals surface area contributed by atoms with Crippen molar-refractivity contribution in [3.05, 3.63) is 41.7 Å². The maximum absolute atomic E-state index is 12.6. The first-order chi connectivity index (χ1) is 11.9. The smallest absolute Gasteiger partial charge is 0.322 e. The second-order valence-electron chi connectivity index (χ2n) is 7.07. The number of carbonyl (C=O) groups is 1. The number of aromatic nitrogens is 2. The quantitative estimate of drug-likeness (QED) is 0.928.